The van der Waals surface area contributed by atoms with Crippen molar-refractivity contribution < 1.29 is 4.79 Å². The lowest BCUT2D eigenvalue weighted by molar-refractivity contribution is -0.128. The van der Waals surface area contributed by atoms with Crippen LogP contribution in [-0.2, 0) is 4.79 Å². The number of anilines is 1. The zero-order chi connectivity index (χ0) is 12.4. The Balaban J connectivity index is 1.63. The van der Waals surface area contributed by atoms with Crippen molar-refractivity contribution in [3.8, 4) is 0 Å². The van der Waals surface area contributed by atoms with Gasteiger partial charge >= 0.3 is 0 Å². The summed E-state index contributed by atoms with van der Waals surface area (Å²) in [5, 5.41) is 18.1. The highest BCUT2D eigenvalue weighted by Gasteiger charge is 2.17. The van der Waals surface area contributed by atoms with Crippen molar-refractivity contribution in [1.82, 2.24) is 30.2 Å². The topological polar surface area (TPSA) is 88.3 Å². The number of nitrogens with one attached hydrogen (secondary N) is 1. The Morgan fingerprint density at radius 2 is 2.17 bits per heavy atom. The summed E-state index contributed by atoms with van der Waals surface area (Å²) in [6, 6.07) is 3.50. The summed E-state index contributed by atoms with van der Waals surface area (Å²) in [4.78, 5) is 13.7. The molecule has 1 N–H and O–H groups in total. The average Bonchev–Trinajstić information content (AvgIpc) is 3.05. The maximum atomic E-state index is 11.8. The van der Waals surface area contributed by atoms with E-state index in [0.29, 0.717) is 11.5 Å². The fraction of sp³-hybridized carbons (Fsp3) is 0.500. The Kier molecular flexibility index (Phi) is 2.75. The van der Waals surface area contributed by atoms with E-state index in [0.717, 1.165) is 25.9 Å². The second-order valence-corrected chi connectivity index (χ2v) is 4.19. The fourth-order valence-corrected chi connectivity index (χ4v) is 1.99. The lowest BCUT2D eigenvalue weighted by Crippen LogP contribution is -2.33. The molecule has 0 bridgehead atoms. The van der Waals surface area contributed by atoms with Crippen molar-refractivity contribution >= 4 is 17.4 Å². The quantitative estimate of drug-likeness (QED) is 0.790. The normalized spacial score (nSPS) is 15.2. The average molecular weight is 247 g/mol. The third-order valence-electron chi connectivity index (χ3n) is 2.95. The third-order valence-corrected chi connectivity index (χ3v) is 2.95. The molecule has 0 saturated carbocycles. The van der Waals surface area contributed by atoms with Gasteiger partial charge in [-0.05, 0) is 35.4 Å². The number of nitrogens with zero attached hydrogens (tertiary/aromatic N) is 6. The molecule has 1 aliphatic heterocycles. The number of amides is 1. The van der Waals surface area contributed by atoms with Crippen molar-refractivity contribution in [3.05, 3.63) is 12.1 Å². The van der Waals surface area contributed by atoms with Gasteiger partial charge in [-0.15, -0.1) is 14.8 Å². The van der Waals surface area contributed by atoms with Gasteiger partial charge in [0.25, 0.3) is 0 Å². The molecule has 8 nitrogen and oxygen atoms in total. The van der Waals surface area contributed by atoms with Crippen molar-refractivity contribution in [2.75, 3.05) is 25.0 Å². The first-order chi connectivity index (χ1) is 8.83. The van der Waals surface area contributed by atoms with E-state index in [1.807, 2.05) is 4.90 Å². The van der Waals surface area contributed by atoms with Crippen molar-refractivity contribution in [1.29, 1.82) is 0 Å². The number of likely N-dealkylation sites (tertiary alicyclic amines) is 1. The van der Waals surface area contributed by atoms with Crippen LogP contribution in [0.1, 0.15) is 12.8 Å². The van der Waals surface area contributed by atoms with Crippen LogP contribution in [0, 0.1) is 0 Å². The summed E-state index contributed by atoms with van der Waals surface area (Å²) in [5.74, 6) is 0.688. The predicted octanol–water partition coefficient (Wildman–Crippen LogP) is -0.446. The van der Waals surface area contributed by atoms with E-state index in [9.17, 15) is 4.79 Å². The molecule has 0 radical (unpaired) electrons. The Labute approximate surface area is 103 Å². The third kappa shape index (κ3) is 2.08. The van der Waals surface area contributed by atoms with Gasteiger partial charge in [0.2, 0.25) is 5.91 Å². The van der Waals surface area contributed by atoms with Crippen LogP contribution in [0.3, 0.4) is 0 Å². The summed E-state index contributed by atoms with van der Waals surface area (Å²) < 4.78 is 1.32. The SMILES string of the molecule is O=C(CNc1ccc2nnnn2n1)N1CCCC1. The fourth-order valence-electron chi connectivity index (χ4n) is 1.99. The minimum atomic E-state index is 0.103. The lowest BCUT2D eigenvalue weighted by atomic mass is 10.4. The van der Waals surface area contributed by atoms with Gasteiger partial charge in [0.15, 0.2) is 5.65 Å². The smallest absolute Gasteiger partial charge is 0.241 e. The Morgan fingerprint density at radius 1 is 1.33 bits per heavy atom. The molecule has 3 heterocycles. The van der Waals surface area contributed by atoms with E-state index >= 15 is 0 Å². The number of carbonyl (C=O) groups is 1. The van der Waals surface area contributed by atoms with Gasteiger partial charge in [-0.1, -0.05) is 0 Å². The van der Waals surface area contributed by atoms with Gasteiger partial charge in [-0.3, -0.25) is 4.79 Å². The molecular formula is C10H13N7O. The maximum Gasteiger partial charge on any atom is 0.241 e. The standard InChI is InChI=1S/C10H13N7O/c18-10(16-5-1-2-6-16)7-11-8-3-4-9-12-14-15-17(9)13-8/h3-4H,1-2,5-7H2,(H,11,13). The van der Waals surface area contributed by atoms with Gasteiger partial charge in [-0.25, -0.2) is 0 Å². The Bertz CT molecular complexity index is 560. The Hall–Kier alpha value is -2.25. The van der Waals surface area contributed by atoms with E-state index in [4.69, 9.17) is 0 Å². The maximum absolute atomic E-state index is 11.8. The highest BCUT2D eigenvalue weighted by molar-refractivity contribution is 5.80. The van der Waals surface area contributed by atoms with E-state index in [-0.39, 0.29) is 12.5 Å². The van der Waals surface area contributed by atoms with Crippen molar-refractivity contribution in [2.24, 2.45) is 0 Å². The van der Waals surface area contributed by atoms with E-state index < -0.39 is 0 Å². The first-order valence-corrected chi connectivity index (χ1v) is 5.90. The second-order valence-electron chi connectivity index (χ2n) is 4.19. The molecule has 0 aromatic carbocycles. The van der Waals surface area contributed by atoms with Gasteiger partial charge in [0.05, 0.1) is 6.54 Å². The molecule has 1 saturated heterocycles. The molecule has 1 aliphatic rings. The van der Waals surface area contributed by atoms with Gasteiger partial charge < -0.3 is 10.2 Å². The number of fused-ring (bicyclic) bond motifs is 1. The molecule has 0 unspecified atom stereocenters. The van der Waals surface area contributed by atoms with Gasteiger partial charge in [-0.2, -0.15) is 0 Å². The number of rotatable bonds is 3. The number of aromatic nitrogens is 5. The van der Waals surface area contributed by atoms with Crippen LogP contribution < -0.4 is 5.32 Å². The molecule has 0 atom stereocenters. The molecule has 2 aromatic heterocycles. The van der Waals surface area contributed by atoms with Gasteiger partial charge in [0, 0.05) is 13.1 Å². The molecular weight excluding hydrogens is 234 g/mol. The zero-order valence-electron chi connectivity index (χ0n) is 9.78. The number of carbonyl (C=O) groups excluding carboxylic acids is 1. The predicted molar refractivity (Wildman–Crippen MR) is 62.9 cm³/mol. The summed E-state index contributed by atoms with van der Waals surface area (Å²) in [6.07, 6.45) is 2.20. The summed E-state index contributed by atoms with van der Waals surface area (Å²) >= 11 is 0. The summed E-state index contributed by atoms with van der Waals surface area (Å²) in [5.41, 5.74) is 0.575. The van der Waals surface area contributed by atoms with E-state index in [2.05, 4.69) is 25.9 Å². The molecule has 1 fully saturated rings. The highest BCUT2D eigenvalue weighted by atomic mass is 16.2. The minimum absolute atomic E-state index is 0.103. The monoisotopic (exact) mass is 247 g/mol. The van der Waals surface area contributed by atoms with Crippen LogP contribution in [0.2, 0.25) is 0 Å². The van der Waals surface area contributed by atoms with E-state index in [1.54, 1.807) is 12.1 Å². The van der Waals surface area contributed by atoms with Crippen LogP contribution in [0.15, 0.2) is 12.1 Å². The van der Waals surface area contributed by atoms with Crippen LogP contribution >= 0.6 is 0 Å². The van der Waals surface area contributed by atoms with Crippen molar-refractivity contribution in [2.45, 2.75) is 12.8 Å². The molecule has 0 aliphatic carbocycles. The summed E-state index contributed by atoms with van der Waals surface area (Å²) in [6.45, 7) is 1.97. The van der Waals surface area contributed by atoms with Crippen LogP contribution in [0.5, 0.6) is 0 Å². The number of hydrogen-bond donors (Lipinski definition) is 1. The molecule has 8 heteroatoms. The molecule has 3 rings (SSSR count). The van der Waals surface area contributed by atoms with Crippen LogP contribution in [0.4, 0.5) is 5.82 Å². The van der Waals surface area contributed by atoms with Crippen LogP contribution in [-0.4, -0.2) is 55.7 Å². The van der Waals surface area contributed by atoms with Crippen LogP contribution in [0.25, 0.3) is 5.65 Å². The molecule has 2 aromatic rings. The second kappa shape index (κ2) is 4.55. The highest BCUT2D eigenvalue weighted by Crippen LogP contribution is 2.08. The Morgan fingerprint density at radius 3 is 3.00 bits per heavy atom. The van der Waals surface area contributed by atoms with Gasteiger partial charge in [0.1, 0.15) is 5.82 Å². The summed E-state index contributed by atoms with van der Waals surface area (Å²) in [7, 11) is 0. The molecule has 1 amide bonds. The molecule has 0 spiro atoms. The first kappa shape index (κ1) is 10.9. The first-order valence-electron chi connectivity index (χ1n) is 5.90. The molecule has 18 heavy (non-hydrogen) atoms. The molecule has 94 valence electrons. The van der Waals surface area contributed by atoms with E-state index in [1.165, 1.54) is 4.63 Å². The largest absolute Gasteiger partial charge is 0.360 e. The lowest BCUT2D eigenvalue weighted by Gasteiger charge is -2.15. The van der Waals surface area contributed by atoms with Crippen molar-refractivity contribution in [3.63, 3.8) is 0 Å². The minimum Gasteiger partial charge on any atom is -0.360 e. The zero-order valence-corrected chi connectivity index (χ0v) is 9.78. The number of tetrazole rings is 1. The number of hydrogen-bond acceptors (Lipinski definition) is 6.